The highest BCUT2D eigenvalue weighted by Crippen LogP contribution is 2.44. The number of carbonyl (C=O) groups excluding carboxylic acids is 2. The fourth-order valence-electron chi connectivity index (χ4n) is 3.85. The van der Waals surface area contributed by atoms with Gasteiger partial charge in [0.2, 0.25) is 0 Å². The minimum Gasteiger partial charge on any atom is -0.493 e. The Morgan fingerprint density at radius 3 is 1.77 bits per heavy atom. The highest BCUT2D eigenvalue weighted by atomic mass is 16.5. The van der Waals surface area contributed by atoms with Crippen molar-refractivity contribution in [3.63, 3.8) is 0 Å². The lowest BCUT2D eigenvalue weighted by Gasteiger charge is -2.42. The minimum absolute atomic E-state index is 0.267. The van der Waals surface area contributed by atoms with Crippen LogP contribution in [0.4, 0.5) is 0 Å². The van der Waals surface area contributed by atoms with Crippen LogP contribution in [-0.2, 0) is 9.59 Å². The number of ether oxygens (including phenoxy) is 2. The monoisotopic (exact) mass is 352 g/mol. The van der Waals surface area contributed by atoms with Crippen LogP contribution in [0.2, 0.25) is 0 Å². The van der Waals surface area contributed by atoms with E-state index in [2.05, 4.69) is 0 Å². The predicted octanol–water partition coefficient (Wildman–Crippen LogP) is 2.35. The molecule has 0 aliphatic carbocycles. The van der Waals surface area contributed by atoms with Crippen molar-refractivity contribution in [1.29, 1.82) is 0 Å². The van der Waals surface area contributed by atoms with Crippen LogP contribution in [0.5, 0.6) is 11.5 Å². The lowest BCUT2D eigenvalue weighted by atomic mass is 9.92. The Hall–Kier alpha value is -3.02. The van der Waals surface area contributed by atoms with Gasteiger partial charge in [0.15, 0.2) is 0 Å². The molecule has 2 aliphatic heterocycles. The Bertz CT molecular complexity index is 794. The lowest BCUT2D eigenvalue weighted by Crippen LogP contribution is -2.46. The first kappa shape index (κ1) is 16.4. The molecular weight excluding hydrogens is 332 g/mol. The van der Waals surface area contributed by atoms with Crippen molar-refractivity contribution in [2.75, 3.05) is 13.2 Å². The average Bonchev–Trinajstić information content (AvgIpc) is 2.68. The predicted molar refractivity (Wildman–Crippen MR) is 94.6 cm³/mol. The molecule has 134 valence electrons. The molecule has 0 saturated heterocycles. The standard InChI is InChI=1S/C20H20N2O4/c21-19(23)20(24)22(15-9-11-25-17-7-3-1-5-13(15)17)16-10-12-26-18-8-4-2-6-14(16)18/h1-8,15-16H,9-12H2,(H2,21,23)/t15-,16-/m0/s1. The number of para-hydroxylation sites is 2. The van der Waals surface area contributed by atoms with Gasteiger partial charge in [0.1, 0.15) is 11.5 Å². The largest absolute Gasteiger partial charge is 0.493 e. The van der Waals surface area contributed by atoms with E-state index in [9.17, 15) is 9.59 Å². The second kappa shape index (κ2) is 6.71. The highest BCUT2D eigenvalue weighted by molar-refractivity contribution is 6.34. The maximum Gasteiger partial charge on any atom is 0.312 e. The van der Waals surface area contributed by atoms with Gasteiger partial charge in [0.25, 0.3) is 0 Å². The molecule has 0 unspecified atom stereocenters. The molecule has 0 saturated carbocycles. The Kier molecular flexibility index (Phi) is 4.24. The molecule has 0 radical (unpaired) electrons. The quantitative estimate of drug-likeness (QED) is 0.841. The second-order valence-corrected chi connectivity index (χ2v) is 6.46. The van der Waals surface area contributed by atoms with Crippen molar-refractivity contribution in [2.24, 2.45) is 5.73 Å². The fourth-order valence-corrected chi connectivity index (χ4v) is 3.85. The van der Waals surface area contributed by atoms with Crippen LogP contribution in [0.1, 0.15) is 36.1 Å². The molecular formula is C20H20N2O4. The first-order valence-electron chi connectivity index (χ1n) is 8.72. The van der Waals surface area contributed by atoms with E-state index in [4.69, 9.17) is 15.2 Å². The summed E-state index contributed by atoms with van der Waals surface area (Å²) in [5.74, 6) is -0.135. The summed E-state index contributed by atoms with van der Waals surface area (Å²) in [6, 6.07) is 14.7. The molecule has 0 fully saturated rings. The van der Waals surface area contributed by atoms with Crippen LogP contribution in [0.3, 0.4) is 0 Å². The number of rotatable bonds is 2. The summed E-state index contributed by atoms with van der Waals surface area (Å²) in [6.45, 7) is 0.962. The van der Waals surface area contributed by atoms with Crippen LogP contribution in [0.25, 0.3) is 0 Å². The van der Waals surface area contributed by atoms with Crippen LogP contribution in [0.15, 0.2) is 48.5 Å². The summed E-state index contributed by atoms with van der Waals surface area (Å²) in [4.78, 5) is 26.3. The molecule has 2 amide bonds. The third-order valence-corrected chi connectivity index (χ3v) is 4.97. The van der Waals surface area contributed by atoms with E-state index in [1.807, 2.05) is 48.5 Å². The van der Waals surface area contributed by atoms with E-state index in [0.29, 0.717) is 26.1 Å². The number of benzene rings is 2. The molecule has 0 bridgehead atoms. The molecule has 6 nitrogen and oxygen atoms in total. The fraction of sp³-hybridized carbons (Fsp3) is 0.300. The molecule has 2 aromatic carbocycles. The molecule has 26 heavy (non-hydrogen) atoms. The van der Waals surface area contributed by atoms with Gasteiger partial charge >= 0.3 is 11.8 Å². The number of primary amides is 1. The topological polar surface area (TPSA) is 81.9 Å². The Labute approximate surface area is 151 Å². The Morgan fingerprint density at radius 2 is 1.31 bits per heavy atom. The third-order valence-electron chi connectivity index (χ3n) is 4.97. The SMILES string of the molecule is NC(=O)C(=O)N([C@H]1CCOc2ccccc21)[C@H]1CCOc2ccccc21. The molecule has 0 spiro atoms. The molecule has 0 aromatic heterocycles. The van der Waals surface area contributed by atoms with E-state index >= 15 is 0 Å². The molecule has 6 heteroatoms. The van der Waals surface area contributed by atoms with Gasteiger partial charge in [-0.2, -0.15) is 0 Å². The molecule has 2 heterocycles. The van der Waals surface area contributed by atoms with E-state index in [0.717, 1.165) is 22.6 Å². The zero-order valence-electron chi connectivity index (χ0n) is 14.3. The van der Waals surface area contributed by atoms with Gasteiger partial charge in [-0.3, -0.25) is 9.59 Å². The first-order valence-corrected chi connectivity index (χ1v) is 8.72. The van der Waals surface area contributed by atoms with Crippen molar-refractivity contribution in [3.8, 4) is 11.5 Å². The average molecular weight is 352 g/mol. The Morgan fingerprint density at radius 1 is 0.846 bits per heavy atom. The minimum atomic E-state index is -0.946. The molecule has 4 rings (SSSR count). The molecule has 2 aliphatic rings. The van der Waals surface area contributed by atoms with Gasteiger partial charge < -0.3 is 20.1 Å². The number of hydrogen-bond donors (Lipinski definition) is 1. The summed E-state index contributed by atoms with van der Waals surface area (Å²) in [6.07, 6.45) is 1.21. The Balaban J connectivity index is 1.81. The number of carbonyl (C=O) groups is 2. The zero-order chi connectivity index (χ0) is 18.1. The molecule has 2 N–H and O–H groups in total. The van der Waals surface area contributed by atoms with E-state index in [-0.39, 0.29) is 12.1 Å². The van der Waals surface area contributed by atoms with Gasteiger partial charge in [0.05, 0.1) is 25.3 Å². The van der Waals surface area contributed by atoms with Crippen molar-refractivity contribution >= 4 is 11.8 Å². The van der Waals surface area contributed by atoms with Crippen LogP contribution in [0, 0.1) is 0 Å². The van der Waals surface area contributed by atoms with Gasteiger partial charge in [-0.15, -0.1) is 0 Å². The van der Waals surface area contributed by atoms with Gasteiger partial charge in [-0.1, -0.05) is 36.4 Å². The van der Waals surface area contributed by atoms with Gasteiger partial charge in [-0.25, -0.2) is 0 Å². The van der Waals surface area contributed by atoms with E-state index < -0.39 is 11.8 Å². The summed E-state index contributed by atoms with van der Waals surface area (Å²) in [5.41, 5.74) is 7.20. The smallest absolute Gasteiger partial charge is 0.312 e. The number of nitrogens with two attached hydrogens (primary N) is 1. The van der Waals surface area contributed by atoms with Crippen molar-refractivity contribution < 1.29 is 19.1 Å². The summed E-state index contributed by atoms with van der Waals surface area (Å²) in [7, 11) is 0. The summed E-state index contributed by atoms with van der Waals surface area (Å²) >= 11 is 0. The van der Waals surface area contributed by atoms with Crippen LogP contribution >= 0.6 is 0 Å². The van der Waals surface area contributed by atoms with Crippen LogP contribution < -0.4 is 15.2 Å². The van der Waals surface area contributed by atoms with Crippen molar-refractivity contribution in [2.45, 2.75) is 24.9 Å². The maximum atomic E-state index is 12.8. The van der Waals surface area contributed by atoms with Crippen molar-refractivity contribution in [1.82, 2.24) is 4.90 Å². The summed E-state index contributed by atoms with van der Waals surface area (Å²) in [5, 5.41) is 0. The molecule has 2 atom stereocenters. The van der Waals surface area contributed by atoms with Gasteiger partial charge in [0, 0.05) is 24.0 Å². The summed E-state index contributed by atoms with van der Waals surface area (Å²) < 4.78 is 11.4. The third kappa shape index (κ3) is 2.77. The number of nitrogens with zero attached hydrogens (tertiary/aromatic N) is 1. The molecule has 2 aromatic rings. The van der Waals surface area contributed by atoms with E-state index in [1.165, 1.54) is 0 Å². The van der Waals surface area contributed by atoms with E-state index in [1.54, 1.807) is 4.90 Å². The zero-order valence-corrected chi connectivity index (χ0v) is 14.3. The number of hydrogen-bond acceptors (Lipinski definition) is 4. The van der Waals surface area contributed by atoms with Crippen molar-refractivity contribution in [3.05, 3.63) is 59.7 Å². The highest BCUT2D eigenvalue weighted by Gasteiger charge is 2.39. The second-order valence-electron chi connectivity index (χ2n) is 6.46. The first-order chi connectivity index (χ1) is 12.7. The maximum absolute atomic E-state index is 12.8. The lowest BCUT2D eigenvalue weighted by molar-refractivity contribution is -0.149. The van der Waals surface area contributed by atoms with Crippen LogP contribution in [-0.4, -0.2) is 29.9 Å². The normalized spacial score (nSPS) is 20.8. The number of fused-ring (bicyclic) bond motifs is 2. The van der Waals surface area contributed by atoms with Gasteiger partial charge in [-0.05, 0) is 12.1 Å². The number of amides is 2.